The Morgan fingerprint density at radius 3 is 2.86 bits per heavy atom. The van der Waals surface area contributed by atoms with Crippen molar-refractivity contribution in [3.05, 3.63) is 53.7 Å². The molecule has 2 N–H and O–H groups in total. The highest BCUT2D eigenvalue weighted by molar-refractivity contribution is 6.03. The number of pyridine rings is 1. The maximum absolute atomic E-state index is 12.3. The molecule has 0 saturated carbocycles. The zero-order valence-corrected chi connectivity index (χ0v) is 11.2. The maximum Gasteiger partial charge on any atom is 0.308 e. The normalized spacial score (nSPS) is 18.0. The molecule has 106 valence electrons. The second-order valence-corrected chi connectivity index (χ2v) is 4.57. The fourth-order valence-electron chi connectivity index (χ4n) is 2.27. The van der Waals surface area contributed by atoms with Crippen molar-refractivity contribution < 1.29 is 19.1 Å². The van der Waals surface area contributed by atoms with Gasteiger partial charge in [-0.05, 0) is 12.1 Å². The van der Waals surface area contributed by atoms with Crippen molar-refractivity contribution in [3.63, 3.8) is 0 Å². The first kappa shape index (κ1) is 13.1. The smallest absolute Gasteiger partial charge is 0.308 e. The molecule has 21 heavy (non-hydrogen) atoms. The average molecular weight is 284 g/mol. The van der Waals surface area contributed by atoms with E-state index in [1.54, 1.807) is 12.3 Å². The minimum atomic E-state index is -0.924. The molecule has 0 amide bonds. The largest absolute Gasteiger partial charge is 0.460 e. The Bertz CT molecular complexity index is 777. The van der Waals surface area contributed by atoms with Gasteiger partial charge >= 0.3 is 5.97 Å². The second-order valence-electron chi connectivity index (χ2n) is 4.57. The van der Waals surface area contributed by atoms with Gasteiger partial charge in [-0.3, -0.25) is 14.6 Å². The summed E-state index contributed by atoms with van der Waals surface area (Å²) in [5.74, 6) is -1.52. The first-order valence-corrected chi connectivity index (χ1v) is 6.30. The van der Waals surface area contributed by atoms with Crippen LogP contribution in [0.15, 0.2) is 48.2 Å². The summed E-state index contributed by atoms with van der Waals surface area (Å²) >= 11 is 0. The molecular weight excluding hydrogens is 272 g/mol. The number of fused-ring (bicyclic) bond motifs is 1. The van der Waals surface area contributed by atoms with Crippen molar-refractivity contribution in [3.8, 4) is 0 Å². The number of carbonyl (C=O) groups is 2. The van der Waals surface area contributed by atoms with Gasteiger partial charge in [0.25, 0.3) is 0 Å². The molecule has 1 aliphatic heterocycles. The van der Waals surface area contributed by atoms with Crippen LogP contribution in [-0.2, 0) is 19.1 Å². The zero-order valence-electron chi connectivity index (χ0n) is 11.2. The van der Waals surface area contributed by atoms with Crippen LogP contribution >= 0.6 is 0 Å². The molecule has 6 nitrogen and oxygen atoms in total. The van der Waals surface area contributed by atoms with Gasteiger partial charge in [-0.2, -0.15) is 0 Å². The van der Waals surface area contributed by atoms with Crippen LogP contribution in [-0.4, -0.2) is 16.7 Å². The molecular formula is C15H12N2O4. The van der Waals surface area contributed by atoms with Crippen LogP contribution in [0.2, 0.25) is 0 Å². The number of nitrogens with zero attached hydrogens (tertiary/aromatic N) is 1. The van der Waals surface area contributed by atoms with Crippen LogP contribution < -0.4 is 5.73 Å². The Morgan fingerprint density at radius 1 is 1.33 bits per heavy atom. The summed E-state index contributed by atoms with van der Waals surface area (Å²) < 4.78 is 10.2. The second kappa shape index (κ2) is 4.90. The van der Waals surface area contributed by atoms with E-state index in [-0.39, 0.29) is 11.6 Å². The van der Waals surface area contributed by atoms with Crippen LogP contribution in [0.5, 0.6) is 0 Å². The number of aromatic nitrogens is 1. The topological polar surface area (TPSA) is 91.5 Å². The number of nitrogens with two attached hydrogens (primary N) is 1. The summed E-state index contributed by atoms with van der Waals surface area (Å²) in [6, 6.07) is 9.06. The van der Waals surface area contributed by atoms with Gasteiger partial charge in [0.2, 0.25) is 17.4 Å². The molecule has 2 heterocycles. The molecule has 3 rings (SSSR count). The zero-order chi connectivity index (χ0) is 15.0. The van der Waals surface area contributed by atoms with Crippen LogP contribution in [0.1, 0.15) is 18.6 Å². The van der Waals surface area contributed by atoms with Gasteiger partial charge in [0, 0.05) is 24.1 Å². The molecule has 0 saturated heterocycles. The summed E-state index contributed by atoms with van der Waals surface area (Å²) in [5.41, 5.74) is 7.01. The van der Waals surface area contributed by atoms with Crippen molar-refractivity contribution in [1.29, 1.82) is 0 Å². The molecule has 1 aliphatic rings. The maximum atomic E-state index is 12.3. The SMILES string of the molecule is CC(=O)OC1=C(N)OC(c2ccnc3ccccc23)C1=O. The Kier molecular flexibility index (Phi) is 3.06. The first-order valence-electron chi connectivity index (χ1n) is 6.30. The molecule has 0 fully saturated rings. The number of esters is 1. The fraction of sp³-hybridized carbons (Fsp3) is 0.133. The van der Waals surface area contributed by atoms with Gasteiger partial charge in [-0.15, -0.1) is 0 Å². The van der Waals surface area contributed by atoms with Crippen LogP contribution in [0.3, 0.4) is 0 Å². The third-order valence-corrected chi connectivity index (χ3v) is 3.14. The van der Waals surface area contributed by atoms with E-state index in [9.17, 15) is 9.59 Å². The molecule has 1 aromatic carbocycles. The number of ether oxygens (including phenoxy) is 2. The Labute approximate surface area is 120 Å². The lowest BCUT2D eigenvalue weighted by Gasteiger charge is -2.12. The number of hydrogen-bond donors (Lipinski definition) is 1. The van der Waals surface area contributed by atoms with Gasteiger partial charge in [0.1, 0.15) is 0 Å². The standard InChI is InChI=1S/C15H12N2O4/c1-8(18)20-14-12(19)13(21-15(14)16)10-6-7-17-11-5-3-2-4-9(10)11/h2-7,13H,16H2,1H3. The van der Waals surface area contributed by atoms with Crippen molar-refractivity contribution in [2.24, 2.45) is 5.73 Å². The number of hydrogen-bond acceptors (Lipinski definition) is 6. The summed E-state index contributed by atoms with van der Waals surface area (Å²) in [7, 11) is 0. The van der Waals surface area contributed by atoms with Gasteiger partial charge in [0.05, 0.1) is 5.52 Å². The van der Waals surface area contributed by atoms with E-state index in [1.165, 1.54) is 6.92 Å². The molecule has 0 bridgehead atoms. The monoisotopic (exact) mass is 284 g/mol. The number of ketones is 1. The quantitative estimate of drug-likeness (QED) is 0.841. The van der Waals surface area contributed by atoms with Crippen molar-refractivity contribution in [1.82, 2.24) is 4.98 Å². The van der Waals surface area contributed by atoms with Crippen molar-refractivity contribution >= 4 is 22.7 Å². The fourth-order valence-corrected chi connectivity index (χ4v) is 2.27. The number of rotatable bonds is 2. The molecule has 0 aliphatic carbocycles. The highest BCUT2D eigenvalue weighted by Gasteiger charge is 2.38. The third kappa shape index (κ3) is 2.20. The van der Waals surface area contributed by atoms with Crippen LogP contribution in [0, 0.1) is 0 Å². The van der Waals surface area contributed by atoms with E-state index >= 15 is 0 Å². The van der Waals surface area contributed by atoms with E-state index in [1.807, 2.05) is 24.3 Å². The molecule has 6 heteroatoms. The molecule has 1 atom stereocenters. The molecule has 0 radical (unpaired) electrons. The van der Waals surface area contributed by atoms with Crippen molar-refractivity contribution in [2.75, 3.05) is 0 Å². The van der Waals surface area contributed by atoms with E-state index in [4.69, 9.17) is 15.2 Å². The van der Waals surface area contributed by atoms with Gasteiger partial charge in [-0.25, -0.2) is 0 Å². The van der Waals surface area contributed by atoms with Gasteiger partial charge in [0.15, 0.2) is 6.10 Å². The number of para-hydroxylation sites is 1. The van der Waals surface area contributed by atoms with Gasteiger partial charge < -0.3 is 15.2 Å². The van der Waals surface area contributed by atoms with E-state index in [0.29, 0.717) is 5.56 Å². The summed E-state index contributed by atoms with van der Waals surface area (Å²) in [4.78, 5) is 27.6. The number of benzene rings is 1. The molecule has 2 aromatic rings. The average Bonchev–Trinajstić information content (AvgIpc) is 2.74. The first-order chi connectivity index (χ1) is 10.1. The van der Waals surface area contributed by atoms with Crippen LogP contribution in [0.4, 0.5) is 0 Å². The van der Waals surface area contributed by atoms with Crippen LogP contribution in [0.25, 0.3) is 10.9 Å². The summed E-state index contributed by atoms with van der Waals surface area (Å²) in [5, 5.41) is 0.787. The molecule has 0 spiro atoms. The summed E-state index contributed by atoms with van der Waals surface area (Å²) in [6.07, 6.45) is 0.668. The van der Waals surface area contributed by atoms with E-state index in [2.05, 4.69) is 4.98 Å². The third-order valence-electron chi connectivity index (χ3n) is 3.14. The Morgan fingerprint density at radius 2 is 2.10 bits per heavy atom. The predicted molar refractivity (Wildman–Crippen MR) is 73.6 cm³/mol. The Hall–Kier alpha value is -2.89. The minimum Gasteiger partial charge on any atom is -0.460 e. The minimum absolute atomic E-state index is 0.180. The lowest BCUT2D eigenvalue weighted by Crippen LogP contribution is -2.13. The number of carbonyl (C=O) groups excluding carboxylic acids is 2. The highest BCUT2D eigenvalue weighted by atomic mass is 16.6. The number of Topliss-reactive ketones (excluding diaryl/α,β-unsaturated/α-hetero) is 1. The summed E-state index contributed by atoms with van der Waals surface area (Å²) in [6.45, 7) is 1.20. The lowest BCUT2D eigenvalue weighted by atomic mass is 10.0. The lowest BCUT2D eigenvalue weighted by molar-refractivity contribution is -0.140. The van der Waals surface area contributed by atoms with Crippen molar-refractivity contribution in [2.45, 2.75) is 13.0 Å². The molecule has 1 unspecified atom stereocenters. The molecule has 1 aromatic heterocycles. The predicted octanol–water partition coefficient (Wildman–Crippen LogP) is 1.57. The van der Waals surface area contributed by atoms with Gasteiger partial charge in [-0.1, -0.05) is 18.2 Å². The van der Waals surface area contributed by atoms with E-state index in [0.717, 1.165) is 10.9 Å². The van der Waals surface area contributed by atoms with E-state index < -0.39 is 17.9 Å². The highest BCUT2D eigenvalue weighted by Crippen LogP contribution is 2.34. The Balaban J connectivity index is 2.03.